The van der Waals surface area contributed by atoms with Crippen molar-refractivity contribution in [2.24, 2.45) is 0 Å². The average molecular weight is 536 g/mol. The van der Waals surface area contributed by atoms with Crippen molar-refractivity contribution >= 4 is 34.0 Å². The molecular weight excluding hydrogens is 510 g/mol. The maximum atomic E-state index is 15.5. The molecule has 3 heteroatoms. The Balaban J connectivity index is 1.63. The molecule has 7 rings (SSSR count). The van der Waals surface area contributed by atoms with Crippen molar-refractivity contribution in [3.8, 4) is 11.1 Å². The Kier molecular flexibility index (Phi) is 5.99. The van der Waals surface area contributed by atoms with E-state index in [4.69, 9.17) is 11.6 Å². The molecular formula is C37H26ClNO. The van der Waals surface area contributed by atoms with Gasteiger partial charge in [0.15, 0.2) is 0 Å². The van der Waals surface area contributed by atoms with Gasteiger partial charge in [-0.25, -0.2) is 0 Å². The second-order valence-electron chi connectivity index (χ2n) is 10.2. The largest absolute Gasteiger partial charge is 0.306 e. The lowest BCUT2D eigenvalue weighted by atomic mass is 9.67. The maximum Gasteiger partial charge on any atom is 0.246 e. The Morgan fingerprint density at radius 2 is 1.20 bits per heavy atom. The Morgan fingerprint density at radius 3 is 1.90 bits per heavy atom. The summed E-state index contributed by atoms with van der Waals surface area (Å²) in [5, 5.41) is 2.94. The summed E-state index contributed by atoms with van der Waals surface area (Å²) in [6, 6.07) is 49.3. The first-order chi connectivity index (χ1) is 19.7. The van der Waals surface area contributed by atoms with Crippen LogP contribution in [0.3, 0.4) is 0 Å². The lowest BCUT2D eigenvalue weighted by Gasteiger charge is -2.37. The van der Waals surface area contributed by atoms with Crippen molar-refractivity contribution in [1.82, 2.24) is 0 Å². The summed E-state index contributed by atoms with van der Waals surface area (Å²) in [5.41, 5.74) is 5.85. The van der Waals surface area contributed by atoms with Gasteiger partial charge in [-0.05, 0) is 56.8 Å². The third-order valence-electron chi connectivity index (χ3n) is 8.03. The highest BCUT2D eigenvalue weighted by Crippen LogP contribution is 2.52. The predicted octanol–water partition coefficient (Wildman–Crippen LogP) is 9.04. The summed E-state index contributed by atoms with van der Waals surface area (Å²) in [6.45, 7) is 0.413. The van der Waals surface area contributed by atoms with E-state index in [-0.39, 0.29) is 5.91 Å². The van der Waals surface area contributed by atoms with Crippen molar-refractivity contribution < 1.29 is 4.79 Å². The highest BCUT2D eigenvalue weighted by molar-refractivity contribution is 6.30. The van der Waals surface area contributed by atoms with Gasteiger partial charge in [0.25, 0.3) is 0 Å². The topological polar surface area (TPSA) is 20.3 Å². The number of nitrogens with zero attached hydrogens (tertiary/aromatic N) is 1. The molecule has 40 heavy (non-hydrogen) atoms. The normalized spacial score (nSPS) is 13.9. The number of hydrogen-bond donors (Lipinski definition) is 0. The zero-order valence-corrected chi connectivity index (χ0v) is 22.6. The van der Waals surface area contributed by atoms with Crippen molar-refractivity contribution in [1.29, 1.82) is 0 Å². The van der Waals surface area contributed by atoms with Crippen LogP contribution in [0.25, 0.3) is 21.9 Å². The van der Waals surface area contributed by atoms with E-state index < -0.39 is 5.41 Å². The van der Waals surface area contributed by atoms with Gasteiger partial charge in [0.05, 0.1) is 12.2 Å². The molecule has 6 aromatic rings. The number of carbonyl (C=O) groups excluding carboxylic acids is 1. The number of anilines is 1. The first kappa shape index (κ1) is 24.4. The highest BCUT2D eigenvalue weighted by atomic mass is 35.5. The summed E-state index contributed by atoms with van der Waals surface area (Å²) >= 11 is 6.24. The Hall–Kier alpha value is -4.66. The van der Waals surface area contributed by atoms with E-state index in [2.05, 4.69) is 78.9 Å². The van der Waals surface area contributed by atoms with Crippen LogP contribution >= 0.6 is 11.6 Å². The number of halogens is 1. The van der Waals surface area contributed by atoms with Gasteiger partial charge < -0.3 is 4.90 Å². The van der Waals surface area contributed by atoms with E-state index in [1.807, 2.05) is 71.6 Å². The van der Waals surface area contributed by atoms with Crippen molar-refractivity contribution in [2.45, 2.75) is 12.0 Å². The van der Waals surface area contributed by atoms with Gasteiger partial charge in [0.1, 0.15) is 5.41 Å². The van der Waals surface area contributed by atoms with E-state index in [1.54, 1.807) is 0 Å². The summed E-state index contributed by atoms with van der Waals surface area (Å²) in [5.74, 6) is 0.0151. The van der Waals surface area contributed by atoms with Crippen LogP contribution in [0, 0.1) is 0 Å². The first-order valence-electron chi connectivity index (χ1n) is 13.5. The van der Waals surface area contributed by atoms with Crippen LogP contribution in [0.2, 0.25) is 5.02 Å². The SMILES string of the molecule is O=C1N(Cc2ccc(Cl)cc2)c2ccc3ccccc3c2-c2ccccc2C1(c1ccccc1)c1ccccc1. The molecule has 1 aliphatic heterocycles. The Morgan fingerprint density at radius 1 is 0.600 bits per heavy atom. The quantitative estimate of drug-likeness (QED) is 0.220. The fourth-order valence-electron chi connectivity index (χ4n) is 6.25. The lowest BCUT2D eigenvalue weighted by Crippen LogP contribution is -2.47. The smallest absolute Gasteiger partial charge is 0.246 e. The van der Waals surface area contributed by atoms with Gasteiger partial charge in [0.2, 0.25) is 5.91 Å². The fourth-order valence-corrected chi connectivity index (χ4v) is 6.38. The van der Waals surface area contributed by atoms with Gasteiger partial charge in [-0.1, -0.05) is 139 Å². The minimum absolute atomic E-state index is 0.0151. The number of carbonyl (C=O) groups is 1. The van der Waals surface area contributed by atoms with E-state index in [1.165, 1.54) is 0 Å². The van der Waals surface area contributed by atoms with Crippen LogP contribution in [-0.4, -0.2) is 5.91 Å². The van der Waals surface area contributed by atoms with Gasteiger partial charge in [-0.2, -0.15) is 0 Å². The minimum Gasteiger partial charge on any atom is -0.306 e. The molecule has 6 aromatic carbocycles. The van der Waals surface area contributed by atoms with Gasteiger partial charge in [-0.3, -0.25) is 4.79 Å². The van der Waals surface area contributed by atoms with Gasteiger partial charge >= 0.3 is 0 Å². The summed E-state index contributed by atoms with van der Waals surface area (Å²) in [7, 11) is 0. The van der Waals surface area contributed by atoms with E-state index in [9.17, 15) is 0 Å². The summed E-state index contributed by atoms with van der Waals surface area (Å²) in [6.07, 6.45) is 0. The molecule has 1 amide bonds. The van der Waals surface area contributed by atoms with E-state index in [0.29, 0.717) is 11.6 Å². The molecule has 0 spiro atoms. The molecule has 0 atom stereocenters. The van der Waals surface area contributed by atoms with Crippen molar-refractivity contribution in [3.05, 3.63) is 173 Å². The zero-order chi connectivity index (χ0) is 27.1. The van der Waals surface area contributed by atoms with E-state index in [0.717, 1.165) is 49.8 Å². The molecule has 0 aliphatic carbocycles. The highest BCUT2D eigenvalue weighted by Gasteiger charge is 2.50. The molecule has 1 heterocycles. The predicted molar refractivity (Wildman–Crippen MR) is 165 cm³/mol. The third-order valence-corrected chi connectivity index (χ3v) is 8.28. The Bertz CT molecular complexity index is 1810. The number of rotatable bonds is 4. The zero-order valence-electron chi connectivity index (χ0n) is 21.8. The molecule has 0 saturated carbocycles. The number of benzene rings is 6. The average Bonchev–Trinajstić information content (AvgIpc) is 3.10. The third kappa shape index (κ3) is 3.76. The van der Waals surface area contributed by atoms with Gasteiger partial charge in [0, 0.05) is 10.6 Å². The van der Waals surface area contributed by atoms with Crippen molar-refractivity contribution in [2.75, 3.05) is 4.90 Å². The standard InChI is InChI=1S/C37H26ClNO/c38-30-22-19-26(20-23-30)25-39-34-24-21-27-11-7-8-16-31(27)35(34)32-17-9-10-18-33(32)37(36(39)40,28-12-3-1-4-13-28)29-14-5-2-6-15-29/h1-24H,25H2. The second-order valence-corrected chi connectivity index (χ2v) is 10.7. The van der Waals surface area contributed by atoms with E-state index >= 15 is 4.79 Å². The summed E-state index contributed by atoms with van der Waals surface area (Å²) in [4.78, 5) is 17.5. The molecule has 0 unspecified atom stereocenters. The van der Waals surface area contributed by atoms with Crippen LogP contribution < -0.4 is 4.90 Å². The molecule has 0 fully saturated rings. The maximum absolute atomic E-state index is 15.5. The first-order valence-corrected chi connectivity index (χ1v) is 13.8. The second kappa shape index (κ2) is 9.82. The fraction of sp³-hybridized carbons (Fsp3) is 0.0541. The van der Waals surface area contributed by atoms with Crippen LogP contribution in [-0.2, 0) is 16.8 Å². The number of fused-ring (bicyclic) bond motifs is 5. The number of amides is 1. The molecule has 0 aromatic heterocycles. The van der Waals surface area contributed by atoms with Crippen molar-refractivity contribution in [3.63, 3.8) is 0 Å². The Labute approximate surface area is 239 Å². The minimum atomic E-state index is -1.06. The molecule has 1 aliphatic rings. The monoisotopic (exact) mass is 535 g/mol. The van der Waals surface area contributed by atoms with Crippen LogP contribution in [0.4, 0.5) is 5.69 Å². The molecule has 0 N–H and O–H groups in total. The molecule has 0 radical (unpaired) electrons. The van der Waals surface area contributed by atoms with Crippen LogP contribution in [0.1, 0.15) is 22.3 Å². The van der Waals surface area contributed by atoms with Crippen LogP contribution in [0.15, 0.2) is 146 Å². The summed E-state index contributed by atoms with van der Waals surface area (Å²) < 4.78 is 0. The van der Waals surface area contributed by atoms with Crippen LogP contribution in [0.5, 0.6) is 0 Å². The molecule has 192 valence electrons. The lowest BCUT2D eigenvalue weighted by molar-refractivity contribution is -0.121. The van der Waals surface area contributed by atoms with Gasteiger partial charge in [-0.15, -0.1) is 0 Å². The number of hydrogen-bond acceptors (Lipinski definition) is 1. The molecule has 0 saturated heterocycles. The molecule has 2 nitrogen and oxygen atoms in total. The molecule has 0 bridgehead atoms.